The van der Waals surface area contributed by atoms with Crippen molar-refractivity contribution >= 4 is 27.1 Å². The molecule has 6 nitrogen and oxygen atoms in total. The van der Waals surface area contributed by atoms with E-state index in [-0.39, 0.29) is 5.44 Å². The van der Waals surface area contributed by atoms with Crippen LogP contribution in [-0.4, -0.2) is 39.9 Å². The van der Waals surface area contributed by atoms with Crippen molar-refractivity contribution in [2.45, 2.75) is 147 Å². The van der Waals surface area contributed by atoms with Gasteiger partial charge in [-0.05, 0) is 18.8 Å². The molecule has 0 saturated carbocycles. The predicted octanol–water partition coefficient (Wildman–Crippen LogP) is 7.97. The quantitative estimate of drug-likeness (QED) is 0.0487. The maximum Gasteiger partial charge on any atom is 0.350 e. The highest BCUT2D eigenvalue weighted by atomic mass is 32.1. The molecule has 0 bridgehead atoms. The molecule has 202 valence electrons. The number of rotatable bonds is 25. The lowest BCUT2D eigenvalue weighted by Crippen LogP contribution is -2.39. The van der Waals surface area contributed by atoms with E-state index in [2.05, 4.69) is 26.5 Å². The van der Waals surface area contributed by atoms with E-state index in [0.717, 1.165) is 6.42 Å². The van der Waals surface area contributed by atoms with Crippen LogP contribution in [-0.2, 0) is 18.8 Å². The van der Waals surface area contributed by atoms with Gasteiger partial charge < -0.3 is 19.7 Å². The van der Waals surface area contributed by atoms with E-state index >= 15 is 0 Å². The molecule has 2 N–H and O–H groups in total. The SMILES string of the molecule is CCCCCCCCCCC(CCCCCCC)CC(S)OC(CC)OCC(O)(P=O)C(=O)O. The summed E-state index contributed by atoms with van der Waals surface area (Å²) in [6.07, 6.45) is 19.7. The van der Waals surface area contributed by atoms with Gasteiger partial charge in [-0.1, -0.05) is 117 Å². The Morgan fingerprint density at radius 1 is 0.882 bits per heavy atom. The van der Waals surface area contributed by atoms with Crippen molar-refractivity contribution in [3.05, 3.63) is 0 Å². The Labute approximate surface area is 215 Å². The van der Waals surface area contributed by atoms with Crippen molar-refractivity contribution in [2.75, 3.05) is 6.61 Å². The molecule has 34 heavy (non-hydrogen) atoms. The first-order chi connectivity index (χ1) is 16.3. The third-order valence-electron chi connectivity index (χ3n) is 6.32. The number of ether oxygens (including phenoxy) is 2. The third kappa shape index (κ3) is 17.3. The maximum absolute atomic E-state index is 11.1. The number of hydrogen-bond donors (Lipinski definition) is 3. The number of aliphatic hydroxyl groups is 1. The summed E-state index contributed by atoms with van der Waals surface area (Å²) in [6, 6.07) is 0. The number of thiol groups is 1. The van der Waals surface area contributed by atoms with Gasteiger partial charge in [0.15, 0.2) is 6.29 Å². The fourth-order valence-corrected chi connectivity index (χ4v) is 4.73. The van der Waals surface area contributed by atoms with Gasteiger partial charge in [-0.25, -0.2) is 4.79 Å². The number of unbranched alkanes of at least 4 members (excludes halogenated alkanes) is 11. The van der Waals surface area contributed by atoms with Gasteiger partial charge in [0, 0.05) is 0 Å². The normalized spacial score (nSPS) is 16.3. The number of carbonyl (C=O) groups is 1. The molecule has 0 rings (SSSR count). The zero-order valence-corrected chi connectivity index (χ0v) is 23.7. The number of carboxylic acids is 1. The first-order valence-corrected chi connectivity index (χ1v) is 14.9. The summed E-state index contributed by atoms with van der Waals surface area (Å²) in [5.41, 5.74) is -0.331. The molecule has 0 aliphatic rings. The summed E-state index contributed by atoms with van der Waals surface area (Å²) < 4.78 is 22.4. The van der Waals surface area contributed by atoms with E-state index < -0.39 is 32.7 Å². The van der Waals surface area contributed by atoms with Gasteiger partial charge in [0.05, 0.1) is 0 Å². The summed E-state index contributed by atoms with van der Waals surface area (Å²) in [4.78, 5) is 11.1. The minimum absolute atomic E-state index is 0.331. The van der Waals surface area contributed by atoms with Crippen LogP contribution in [0.25, 0.3) is 0 Å². The number of carboxylic acid groups (broad SMARTS) is 1. The minimum Gasteiger partial charge on any atom is -0.478 e. The van der Waals surface area contributed by atoms with Crippen LogP contribution in [0.1, 0.15) is 130 Å². The van der Waals surface area contributed by atoms with Gasteiger partial charge >= 0.3 is 5.97 Å². The van der Waals surface area contributed by atoms with Crippen LogP contribution in [0.3, 0.4) is 0 Å². The lowest BCUT2D eigenvalue weighted by molar-refractivity contribution is -0.183. The summed E-state index contributed by atoms with van der Waals surface area (Å²) in [5.74, 6) is -1.05. The molecule has 0 aromatic rings. The second-order valence-electron chi connectivity index (χ2n) is 9.52. The Hall–Kier alpha value is -0.200. The Morgan fingerprint density at radius 3 is 1.76 bits per heavy atom. The van der Waals surface area contributed by atoms with E-state index in [0.29, 0.717) is 12.3 Å². The highest BCUT2D eigenvalue weighted by molar-refractivity contribution is 7.80. The molecule has 0 aliphatic carbocycles. The van der Waals surface area contributed by atoms with E-state index in [1.807, 2.05) is 6.92 Å². The lowest BCUT2D eigenvalue weighted by atomic mass is 9.91. The van der Waals surface area contributed by atoms with Crippen molar-refractivity contribution < 1.29 is 29.0 Å². The molecule has 0 aliphatic heterocycles. The predicted molar refractivity (Wildman–Crippen MR) is 143 cm³/mol. The van der Waals surface area contributed by atoms with E-state index in [1.54, 1.807) is 0 Å². The average Bonchev–Trinajstić information content (AvgIpc) is 2.82. The number of hydrogen-bond acceptors (Lipinski definition) is 6. The Bertz CT molecular complexity index is 510. The van der Waals surface area contributed by atoms with Crippen molar-refractivity contribution in [1.82, 2.24) is 0 Å². The first kappa shape index (κ1) is 33.8. The summed E-state index contributed by atoms with van der Waals surface area (Å²) in [7, 11) is -0.909. The largest absolute Gasteiger partial charge is 0.478 e. The highest BCUT2D eigenvalue weighted by Gasteiger charge is 2.39. The molecule has 0 saturated heterocycles. The number of aliphatic carboxylic acids is 1. The zero-order valence-electron chi connectivity index (χ0n) is 21.9. The zero-order chi connectivity index (χ0) is 25.7. The maximum atomic E-state index is 11.1. The fraction of sp³-hybridized carbons (Fsp3) is 0.962. The molecular formula is C26H51O6PS. The van der Waals surface area contributed by atoms with Gasteiger partial charge in [0.2, 0.25) is 8.46 Å². The molecular weight excluding hydrogens is 471 g/mol. The first-order valence-electron chi connectivity index (χ1n) is 13.6. The second-order valence-corrected chi connectivity index (χ2v) is 11.0. The second kappa shape index (κ2) is 22.0. The average molecular weight is 523 g/mol. The van der Waals surface area contributed by atoms with E-state index in [9.17, 15) is 14.5 Å². The van der Waals surface area contributed by atoms with Crippen molar-refractivity contribution in [3.8, 4) is 0 Å². The Balaban J connectivity index is 4.55. The van der Waals surface area contributed by atoms with Crippen LogP contribution >= 0.6 is 21.1 Å². The molecule has 0 aromatic carbocycles. The topological polar surface area (TPSA) is 93.1 Å². The van der Waals surface area contributed by atoms with Gasteiger partial charge in [0.25, 0.3) is 5.34 Å². The summed E-state index contributed by atoms with van der Waals surface area (Å²) in [6.45, 7) is 5.73. The molecule has 0 spiro atoms. The minimum atomic E-state index is -2.46. The van der Waals surface area contributed by atoms with E-state index in [1.165, 1.54) is 96.3 Å². The van der Waals surface area contributed by atoms with E-state index in [4.69, 9.17) is 14.6 Å². The molecule has 0 heterocycles. The van der Waals surface area contributed by atoms with Crippen molar-refractivity contribution in [1.29, 1.82) is 0 Å². The van der Waals surface area contributed by atoms with Crippen LogP contribution in [0, 0.1) is 5.92 Å². The Kier molecular flexibility index (Phi) is 21.9. The van der Waals surface area contributed by atoms with Crippen molar-refractivity contribution in [3.63, 3.8) is 0 Å². The van der Waals surface area contributed by atoms with Crippen LogP contribution in [0.2, 0.25) is 0 Å². The van der Waals surface area contributed by atoms with Gasteiger partial charge in [-0.15, -0.1) is 12.6 Å². The molecule has 4 unspecified atom stereocenters. The molecule has 8 heteroatoms. The van der Waals surface area contributed by atoms with Gasteiger partial charge in [-0.3, -0.25) is 4.57 Å². The monoisotopic (exact) mass is 522 g/mol. The third-order valence-corrected chi connectivity index (χ3v) is 7.28. The lowest BCUT2D eigenvalue weighted by Gasteiger charge is -2.26. The highest BCUT2D eigenvalue weighted by Crippen LogP contribution is 2.27. The summed E-state index contributed by atoms with van der Waals surface area (Å²) >= 11 is 4.64. The van der Waals surface area contributed by atoms with Crippen LogP contribution in [0.15, 0.2) is 0 Å². The molecule has 0 radical (unpaired) electrons. The van der Waals surface area contributed by atoms with Crippen molar-refractivity contribution in [2.24, 2.45) is 5.92 Å². The molecule has 4 atom stereocenters. The van der Waals surface area contributed by atoms with Crippen LogP contribution < -0.4 is 0 Å². The van der Waals surface area contributed by atoms with Crippen LogP contribution in [0.5, 0.6) is 0 Å². The molecule has 0 amide bonds. The molecule has 0 aromatic heterocycles. The van der Waals surface area contributed by atoms with Gasteiger partial charge in [-0.2, -0.15) is 0 Å². The smallest absolute Gasteiger partial charge is 0.350 e. The molecule has 0 fully saturated rings. The summed E-state index contributed by atoms with van der Waals surface area (Å²) in [5, 5.41) is 16.4. The van der Waals surface area contributed by atoms with Crippen LogP contribution in [0.4, 0.5) is 0 Å². The Morgan fingerprint density at radius 2 is 1.35 bits per heavy atom. The standard InChI is InChI=1S/C26H51O6PS/c1-4-7-9-11-12-13-15-17-19-22(18-16-14-10-8-5-2)20-24(34)32-23(6-3)31-21-26(29,33-30)25(27)28/h22-24,29,34H,4-21H2,1-3H3,(H,27,28). The fourth-order valence-electron chi connectivity index (χ4n) is 4.09. The van der Waals surface area contributed by atoms with Gasteiger partial charge in [0.1, 0.15) is 12.0 Å².